The molecule has 0 atom stereocenters. The molecule has 1 aliphatic heterocycles. The number of nitrogens with two attached hydrogens (primary N) is 1. The number of nitrogens with zero attached hydrogens (tertiary/aromatic N) is 2. The summed E-state index contributed by atoms with van der Waals surface area (Å²) in [7, 11) is 0. The number of ether oxygens (including phenoxy) is 1. The fourth-order valence-corrected chi connectivity index (χ4v) is 5.12. The van der Waals surface area contributed by atoms with Gasteiger partial charge in [0.15, 0.2) is 0 Å². The van der Waals surface area contributed by atoms with Gasteiger partial charge >= 0.3 is 6.36 Å². The number of aromatic amines is 1. The minimum atomic E-state index is -4.86. The third kappa shape index (κ3) is 4.42. The SMILES string of the molecule is Nc1cc(OC(F)(F)F)ccc1C(=O)N1CCC(c2c(F)cnc3[nH]c4c(c23)CCC(=O)C4)CC1. The van der Waals surface area contributed by atoms with Crippen molar-refractivity contribution in [2.24, 2.45) is 0 Å². The Hall–Kier alpha value is -3.63. The van der Waals surface area contributed by atoms with Crippen LogP contribution in [0.15, 0.2) is 24.4 Å². The number of H-pyrrole nitrogens is 1. The van der Waals surface area contributed by atoms with Crippen LogP contribution in [0.3, 0.4) is 0 Å². The average Bonchev–Trinajstić information content (AvgIpc) is 3.15. The van der Waals surface area contributed by atoms with Gasteiger partial charge in [-0.1, -0.05) is 0 Å². The number of alkyl halides is 3. The number of hydrogen-bond donors (Lipinski definition) is 2. The van der Waals surface area contributed by atoms with Crippen molar-refractivity contribution in [3.8, 4) is 5.75 Å². The Morgan fingerprint density at radius 3 is 2.63 bits per heavy atom. The fraction of sp³-hybridized carbons (Fsp3) is 0.375. The molecule has 35 heavy (non-hydrogen) atoms. The van der Waals surface area contributed by atoms with Crippen LogP contribution >= 0.6 is 0 Å². The van der Waals surface area contributed by atoms with E-state index in [9.17, 15) is 22.8 Å². The number of hydrogen-bond acceptors (Lipinski definition) is 5. The quantitative estimate of drug-likeness (QED) is 0.422. The van der Waals surface area contributed by atoms with Gasteiger partial charge in [-0.2, -0.15) is 0 Å². The maximum absolute atomic E-state index is 15.0. The lowest BCUT2D eigenvalue weighted by Crippen LogP contribution is -2.38. The highest BCUT2D eigenvalue weighted by Crippen LogP contribution is 2.39. The molecule has 1 aromatic carbocycles. The fourth-order valence-electron chi connectivity index (χ4n) is 5.12. The Balaban J connectivity index is 1.34. The number of pyridine rings is 1. The van der Waals surface area contributed by atoms with Crippen molar-refractivity contribution in [3.05, 3.63) is 52.6 Å². The van der Waals surface area contributed by atoms with E-state index in [-0.39, 0.29) is 29.4 Å². The first-order valence-electron chi connectivity index (χ1n) is 11.2. The number of carbonyl (C=O) groups is 2. The molecular weight excluding hydrogens is 468 g/mol. The lowest BCUT2D eigenvalue weighted by atomic mass is 9.85. The van der Waals surface area contributed by atoms with Crippen LogP contribution in [0.4, 0.5) is 23.2 Å². The zero-order chi connectivity index (χ0) is 24.9. The molecule has 0 unspecified atom stereocenters. The number of likely N-dealkylation sites (tertiary alicyclic amines) is 1. The van der Waals surface area contributed by atoms with Crippen LogP contribution in [-0.2, 0) is 17.6 Å². The standard InChI is InChI=1S/C24H22F4N4O3/c25-17-11-30-22-21(16-3-1-13(33)9-19(16)31-22)20(17)12-5-7-32(8-6-12)23(34)15-4-2-14(10-18(15)29)35-24(26,27)28/h2,4,10-12H,1,3,5-9,29H2,(H,30,31). The minimum absolute atomic E-state index is 0.0832. The summed E-state index contributed by atoms with van der Waals surface area (Å²) < 4.78 is 56.2. The van der Waals surface area contributed by atoms with Gasteiger partial charge in [-0.15, -0.1) is 13.2 Å². The Bertz CT molecular complexity index is 1330. The summed E-state index contributed by atoms with van der Waals surface area (Å²) in [5.74, 6) is -1.33. The number of ketones is 1. The molecule has 1 fully saturated rings. The van der Waals surface area contributed by atoms with Crippen molar-refractivity contribution in [3.63, 3.8) is 0 Å². The van der Waals surface area contributed by atoms with Crippen LogP contribution in [0, 0.1) is 5.82 Å². The van der Waals surface area contributed by atoms with Crippen LogP contribution in [0.5, 0.6) is 5.75 Å². The molecule has 7 nitrogen and oxygen atoms in total. The number of Topliss-reactive ketones (excluding diaryl/α,β-unsaturated/α-hetero) is 1. The first-order valence-corrected chi connectivity index (χ1v) is 11.2. The molecule has 5 rings (SSSR count). The molecule has 184 valence electrons. The zero-order valence-electron chi connectivity index (χ0n) is 18.5. The molecule has 1 saturated heterocycles. The van der Waals surface area contributed by atoms with E-state index in [1.807, 2.05) is 0 Å². The van der Waals surface area contributed by atoms with Gasteiger partial charge in [0, 0.05) is 54.3 Å². The minimum Gasteiger partial charge on any atom is -0.406 e. The van der Waals surface area contributed by atoms with Crippen molar-refractivity contribution in [2.75, 3.05) is 18.8 Å². The highest BCUT2D eigenvalue weighted by molar-refractivity contribution is 5.99. The van der Waals surface area contributed by atoms with Crippen molar-refractivity contribution >= 4 is 28.4 Å². The van der Waals surface area contributed by atoms with Gasteiger partial charge in [0.2, 0.25) is 0 Å². The number of amides is 1. The highest BCUT2D eigenvalue weighted by atomic mass is 19.4. The van der Waals surface area contributed by atoms with Crippen LogP contribution < -0.4 is 10.5 Å². The number of rotatable bonds is 3. The maximum Gasteiger partial charge on any atom is 0.573 e. The summed E-state index contributed by atoms with van der Waals surface area (Å²) >= 11 is 0. The third-order valence-electron chi connectivity index (χ3n) is 6.71. The molecule has 3 N–H and O–H groups in total. The van der Waals surface area contributed by atoms with Crippen LogP contribution in [-0.4, -0.2) is 46.0 Å². The third-order valence-corrected chi connectivity index (χ3v) is 6.71. The number of benzene rings is 1. The second-order valence-corrected chi connectivity index (χ2v) is 8.90. The first kappa shape index (κ1) is 23.1. The second-order valence-electron chi connectivity index (χ2n) is 8.90. The number of carbonyl (C=O) groups excluding carboxylic acids is 2. The van der Waals surface area contributed by atoms with Crippen LogP contribution in [0.2, 0.25) is 0 Å². The molecule has 3 heterocycles. The molecule has 11 heteroatoms. The van der Waals surface area contributed by atoms with Crippen molar-refractivity contribution in [1.29, 1.82) is 0 Å². The van der Waals surface area contributed by atoms with Gasteiger partial charge in [-0.25, -0.2) is 9.37 Å². The molecular formula is C24H22F4N4O3. The number of nitrogens with one attached hydrogen (secondary N) is 1. The van der Waals surface area contributed by atoms with Crippen LogP contribution in [0.25, 0.3) is 11.0 Å². The number of halogens is 4. The molecule has 0 saturated carbocycles. The van der Waals surface area contributed by atoms with E-state index < -0.39 is 23.8 Å². The normalized spacial score (nSPS) is 17.0. The van der Waals surface area contributed by atoms with Crippen molar-refractivity contribution in [2.45, 2.75) is 44.4 Å². The van der Waals surface area contributed by atoms with E-state index >= 15 is 4.39 Å². The highest BCUT2D eigenvalue weighted by Gasteiger charge is 2.33. The summed E-state index contributed by atoms with van der Waals surface area (Å²) in [5, 5.41) is 0.738. The van der Waals surface area contributed by atoms with Crippen molar-refractivity contribution in [1.82, 2.24) is 14.9 Å². The Morgan fingerprint density at radius 2 is 1.94 bits per heavy atom. The topological polar surface area (TPSA) is 101 Å². The lowest BCUT2D eigenvalue weighted by molar-refractivity contribution is -0.274. The van der Waals surface area contributed by atoms with Crippen LogP contribution in [0.1, 0.15) is 52.4 Å². The van der Waals surface area contributed by atoms with Gasteiger partial charge in [0.25, 0.3) is 5.91 Å². The number of aromatic nitrogens is 2. The predicted octanol–water partition coefficient (Wildman–Crippen LogP) is 4.26. The van der Waals surface area contributed by atoms with Gasteiger partial charge in [0.05, 0.1) is 11.8 Å². The summed E-state index contributed by atoms with van der Waals surface area (Å²) in [5.41, 5.74) is 8.65. The summed E-state index contributed by atoms with van der Waals surface area (Å²) in [6, 6.07) is 3.23. The second kappa shape index (κ2) is 8.54. The molecule has 0 spiro atoms. The molecule has 2 aliphatic rings. The number of piperidine rings is 1. The number of aryl methyl sites for hydroxylation is 1. The molecule has 0 bridgehead atoms. The molecule has 1 amide bonds. The van der Waals surface area contributed by atoms with Gasteiger partial charge in [0.1, 0.15) is 23.0 Å². The predicted molar refractivity (Wildman–Crippen MR) is 118 cm³/mol. The van der Waals surface area contributed by atoms with Gasteiger partial charge < -0.3 is 20.4 Å². The Morgan fingerprint density at radius 1 is 1.20 bits per heavy atom. The number of fused-ring (bicyclic) bond motifs is 3. The van der Waals surface area contributed by atoms with E-state index in [0.29, 0.717) is 50.0 Å². The largest absolute Gasteiger partial charge is 0.573 e. The molecule has 1 aliphatic carbocycles. The van der Waals surface area contributed by atoms with E-state index in [1.165, 1.54) is 12.3 Å². The van der Waals surface area contributed by atoms with E-state index in [2.05, 4.69) is 14.7 Å². The summed E-state index contributed by atoms with van der Waals surface area (Å²) in [4.78, 5) is 33.8. The summed E-state index contributed by atoms with van der Waals surface area (Å²) in [6.45, 7) is 0.663. The van der Waals surface area contributed by atoms with E-state index in [4.69, 9.17) is 5.73 Å². The summed E-state index contributed by atoms with van der Waals surface area (Å²) in [6.07, 6.45) is -1.44. The zero-order valence-corrected chi connectivity index (χ0v) is 18.5. The average molecular weight is 490 g/mol. The smallest absolute Gasteiger partial charge is 0.406 e. The van der Waals surface area contributed by atoms with Crippen molar-refractivity contribution < 1.29 is 31.9 Å². The maximum atomic E-state index is 15.0. The van der Waals surface area contributed by atoms with E-state index in [1.54, 1.807) is 4.90 Å². The van der Waals surface area contributed by atoms with Gasteiger partial charge in [-0.3, -0.25) is 9.59 Å². The Kier molecular flexibility index (Phi) is 5.65. The molecule has 3 aromatic rings. The first-order chi connectivity index (χ1) is 16.6. The monoisotopic (exact) mass is 490 g/mol. The molecule has 0 radical (unpaired) electrons. The van der Waals surface area contributed by atoms with E-state index in [0.717, 1.165) is 28.8 Å². The number of anilines is 1. The van der Waals surface area contributed by atoms with Gasteiger partial charge in [-0.05, 0) is 42.9 Å². The number of nitrogen functional groups attached to an aromatic ring is 1. The molecule has 2 aromatic heterocycles. The Labute approximate surface area is 197 Å². The lowest BCUT2D eigenvalue weighted by Gasteiger charge is -2.33.